The van der Waals surface area contributed by atoms with E-state index in [2.05, 4.69) is 6.58 Å². The van der Waals surface area contributed by atoms with Gasteiger partial charge in [0.05, 0.1) is 0 Å². The summed E-state index contributed by atoms with van der Waals surface area (Å²) in [6, 6.07) is 1.69. The largest absolute Gasteiger partial charge is 0.477 e. The van der Waals surface area contributed by atoms with Gasteiger partial charge in [0, 0.05) is 15.5 Å². The Morgan fingerprint density at radius 3 is 3.00 bits per heavy atom. The summed E-state index contributed by atoms with van der Waals surface area (Å²) < 4.78 is 0. The number of thioether (sulfide) groups is 1. The highest BCUT2D eigenvalue weighted by molar-refractivity contribution is 8.00. The van der Waals surface area contributed by atoms with Crippen molar-refractivity contribution in [2.24, 2.45) is 0 Å². The molecule has 0 aliphatic heterocycles. The van der Waals surface area contributed by atoms with E-state index in [1.54, 1.807) is 17.8 Å². The van der Waals surface area contributed by atoms with Gasteiger partial charge in [-0.05, 0) is 13.0 Å². The number of thiophene rings is 1. The highest BCUT2D eigenvalue weighted by atomic mass is 32.2. The van der Waals surface area contributed by atoms with Crippen molar-refractivity contribution in [2.45, 2.75) is 17.1 Å². The Hall–Kier alpha value is -0.740. The Balaban J connectivity index is 2.69. The van der Waals surface area contributed by atoms with Gasteiger partial charge in [0.25, 0.3) is 0 Å². The lowest BCUT2D eigenvalue weighted by molar-refractivity contribution is 0.0702. The molecule has 0 amide bonds. The summed E-state index contributed by atoms with van der Waals surface area (Å²) in [7, 11) is 0. The van der Waals surface area contributed by atoms with Crippen molar-refractivity contribution in [2.75, 3.05) is 0 Å². The summed E-state index contributed by atoms with van der Waals surface area (Å²) in [5.41, 5.74) is 0. The maximum atomic E-state index is 10.6. The smallest absolute Gasteiger partial charge is 0.345 e. The van der Waals surface area contributed by atoms with E-state index in [0.717, 1.165) is 4.90 Å². The molecule has 0 fully saturated rings. The summed E-state index contributed by atoms with van der Waals surface area (Å²) in [5.74, 6) is -0.858. The lowest BCUT2D eigenvalue weighted by Crippen LogP contribution is -1.90. The molecule has 0 aromatic carbocycles. The molecule has 0 radical (unpaired) electrons. The number of carboxylic acid groups (broad SMARTS) is 1. The van der Waals surface area contributed by atoms with Crippen LogP contribution < -0.4 is 0 Å². The summed E-state index contributed by atoms with van der Waals surface area (Å²) >= 11 is 2.87. The summed E-state index contributed by atoms with van der Waals surface area (Å²) in [4.78, 5) is 11.9. The van der Waals surface area contributed by atoms with Crippen molar-refractivity contribution in [1.82, 2.24) is 0 Å². The van der Waals surface area contributed by atoms with Crippen LogP contribution in [0.15, 0.2) is 29.0 Å². The predicted octanol–water partition coefficient (Wildman–Crippen LogP) is 3.11. The SMILES string of the molecule is C=CC(C)Sc1csc(C(=O)O)c1. The molecule has 0 saturated heterocycles. The highest BCUT2D eigenvalue weighted by Crippen LogP contribution is 2.28. The summed E-state index contributed by atoms with van der Waals surface area (Å²) in [5, 5.41) is 10.8. The number of aromatic carboxylic acids is 1. The van der Waals surface area contributed by atoms with Gasteiger partial charge >= 0.3 is 5.97 Å². The van der Waals surface area contributed by atoms with Gasteiger partial charge in [-0.3, -0.25) is 0 Å². The average molecular weight is 214 g/mol. The van der Waals surface area contributed by atoms with Crippen LogP contribution in [-0.2, 0) is 0 Å². The second-order valence-electron chi connectivity index (χ2n) is 2.51. The van der Waals surface area contributed by atoms with Crippen LogP contribution in [0, 0.1) is 0 Å². The van der Waals surface area contributed by atoms with E-state index in [9.17, 15) is 4.79 Å². The van der Waals surface area contributed by atoms with Crippen LogP contribution in [0.5, 0.6) is 0 Å². The summed E-state index contributed by atoms with van der Waals surface area (Å²) in [6.45, 7) is 5.69. The predicted molar refractivity (Wildman–Crippen MR) is 56.8 cm³/mol. The molecule has 1 unspecified atom stereocenters. The number of hydrogen-bond acceptors (Lipinski definition) is 3. The molecule has 2 nitrogen and oxygen atoms in total. The normalized spacial score (nSPS) is 12.4. The van der Waals surface area contributed by atoms with E-state index in [1.807, 2.05) is 18.4 Å². The maximum Gasteiger partial charge on any atom is 0.345 e. The Labute approximate surface area is 85.3 Å². The first kappa shape index (κ1) is 10.3. The Morgan fingerprint density at radius 1 is 1.85 bits per heavy atom. The zero-order chi connectivity index (χ0) is 9.84. The molecule has 1 atom stereocenters. The second-order valence-corrected chi connectivity index (χ2v) is 4.87. The van der Waals surface area contributed by atoms with Gasteiger partial charge < -0.3 is 5.11 Å². The number of hydrogen-bond donors (Lipinski definition) is 1. The van der Waals surface area contributed by atoms with Crippen molar-refractivity contribution in [3.8, 4) is 0 Å². The first-order chi connectivity index (χ1) is 6.13. The molecule has 70 valence electrons. The molecule has 13 heavy (non-hydrogen) atoms. The first-order valence-corrected chi connectivity index (χ1v) is 5.50. The van der Waals surface area contributed by atoms with Gasteiger partial charge in [0.15, 0.2) is 0 Å². The van der Waals surface area contributed by atoms with E-state index in [-0.39, 0.29) is 0 Å². The van der Waals surface area contributed by atoms with Crippen molar-refractivity contribution >= 4 is 29.1 Å². The quantitative estimate of drug-likeness (QED) is 0.618. The number of carboxylic acids is 1. The zero-order valence-corrected chi connectivity index (χ0v) is 8.82. The van der Waals surface area contributed by atoms with Crippen LogP contribution in [0.3, 0.4) is 0 Å². The molecule has 0 aliphatic rings. The van der Waals surface area contributed by atoms with Crippen LogP contribution in [0.1, 0.15) is 16.6 Å². The molecular weight excluding hydrogens is 204 g/mol. The zero-order valence-electron chi connectivity index (χ0n) is 7.19. The van der Waals surface area contributed by atoms with Crippen molar-refractivity contribution < 1.29 is 9.90 Å². The Morgan fingerprint density at radius 2 is 2.54 bits per heavy atom. The fourth-order valence-corrected chi connectivity index (χ4v) is 2.52. The van der Waals surface area contributed by atoms with Crippen LogP contribution in [0.2, 0.25) is 0 Å². The van der Waals surface area contributed by atoms with Gasteiger partial charge in [0.1, 0.15) is 4.88 Å². The molecule has 1 heterocycles. The minimum atomic E-state index is -0.858. The third-order valence-corrected chi connectivity index (χ3v) is 3.58. The standard InChI is InChI=1S/C9H10O2S2/c1-3-6(2)13-7-4-8(9(10)11)12-5-7/h3-6H,1H2,2H3,(H,10,11). The summed E-state index contributed by atoms with van der Waals surface area (Å²) in [6.07, 6.45) is 1.84. The fraction of sp³-hybridized carbons (Fsp3) is 0.222. The first-order valence-electron chi connectivity index (χ1n) is 3.74. The molecule has 1 N–H and O–H groups in total. The highest BCUT2D eigenvalue weighted by Gasteiger charge is 2.08. The molecule has 4 heteroatoms. The monoisotopic (exact) mass is 214 g/mol. The maximum absolute atomic E-state index is 10.6. The molecule has 0 aliphatic carbocycles. The Bertz CT molecular complexity index is 317. The van der Waals surface area contributed by atoms with Gasteiger partial charge in [-0.1, -0.05) is 6.08 Å². The molecule has 1 aromatic heterocycles. The van der Waals surface area contributed by atoms with Crippen molar-refractivity contribution in [1.29, 1.82) is 0 Å². The Kier molecular flexibility index (Phi) is 3.57. The molecule has 0 spiro atoms. The fourth-order valence-electron chi connectivity index (χ4n) is 0.756. The topological polar surface area (TPSA) is 37.3 Å². The average Bonchev–Trinajstić information content (AvgIpc) is 2.52. The molecule has 0 bridgehead atoms. The van der Waals surface area contributed by atoms with Crippen LogP contribution in [0.4, 0.5) is 0 Å². The van der Waals surface area contributed by atoms with E-state index < -0.39 is 5.97 Å². The van der Waals surface area contributed by atoms with Crippen molar-refractivity contribution in [3.05, 3.63) is 29.0 Å². The second kappa shape index (κ2) is 4.48. The third kappa shape index (κ3) is 2.90. The third-order valence-electron chi connectivity index (χ3n) is 1.44. The lowest BCUT2D eigenvalue weighted by atomic mass is 10.5. The van der Waals surface area contributed by atoms with E-state index in [0.29, 0.717) is 10.1 Å². The van der Waals surface area contributed by atoms with Gasteiger partial charge in [-0.25, -0.2) is 4.79 Å². The van der Waals surface area contributed by atoms with Crippen LogP contribution in [-0.4, -0.2) is 16.3 Å². The molecular formula is C9H10O2S2. The van der Waals surface area contributed by atoms with E-state index in [4.69, 9.17) is 5.11 Å². The minimum Gasteiger partial charge on any atom is -0.477 e. The lowest BCUT2D eigenvalue weighted by Gasteiger charge is -2.01. The molecule has 1 aromatic rings. The van der Waals surface area contributed by atoms with Gasteiger partial charge in [-0.2, -0.15) is 0 Å². The van der Waals surface area contributed by atoms with Crippen LogP contribution in [0.25, 0.3) is 0 Å². The minimum absolute atomic E-state index is 0.316. The number of rotatable bonds is 4. The van der Waals surface area contributed by atoms with E-state index in [1.165, 1.54) is 11.3 Å². The molecule has 0 saturated carbocycles. The van der Waals surface area contributed by atoms with Crippen LogP contribution >= 0.6 is 23.1 Å². The van der Waals surface area contributed by atoms with E-state index >= 15 is 0 Å². The molecule has 1 rings (SSSR count). The number of carbonyl (C=O) groups is 1. The van der Waals surface area contributed by atoms with Gasteiger partial charge in [-0.15, -0.1) is 29.7 Å². The van der Waals surface area contributed by atoms with Gasteiger partial charge in [0.2, 0.25) is 0 Å². The van der Waals surface area contributed by atoms with Crippen molar-refractivity contribution in [3.63, 3.8) is 0 Å².